The Labute approximate surface area is 88.2 Å². The van der Waals surface area contributed by atoms with Crippen molar-refractivity contribution in [2.75, 3.05) is 5.75 Å². The van der Waals surface area contributed by atoms with Crippen LogP contribution >= 0.6 is 11.8 Å². The van der Waals surface area contributed by atoms with Crippen molar-refractivity contribution < 1.29 is 5.11 Å². The van der Waals surface area contributed by atoms with E-state index in [4.69, 9.17) is 0 Å². The van der Waals surface area contributed by atoms with Crippen molar-refractivity contribution in [3.8, 4) is 0 Å². The van der Waals surface area contributed by atoms with Crippen molar-refractivity contribution in [2.24, 2.45) is 0 Å². The maximum atomic E-state index is 9.45. The average Bonchev–Trinajstić information content (AvgIpc) is 2.30. The van der Waals surface area contributed by atoms with Crippen LogP contribution in [0.1, 0.15) is 5.56 Å². The summed E-state index contributed by atoms with van der Waals surface area (Å²) >= 11 is 1.69. The van der Waals surface area contributed by atoms with Gasteiger partial charge < -0.3 is 5.11 Å². The molecule has 2 heteroatoms. The Balaban J connectivity index is 2.30. The van der Waals surface area contributed by atoms with Gasteiger partial charge in [0.2, 0.25) is 0 Å². The fraction of sp³-hybridized carbons (Fsp3) is 0.167. The zero-order valence-corrected chi connectivity index (χ0v) is 8.63. The molecule has 0 radical (unpaired) electrons. The Morgan fingerprint density at radius 1 is 1.21 bits per heavy atom. The topological polar surface area (TPSA) is 20.2 Å². The molecule has 0 unspecified atom stereocenters. The van der Waals surface area contributed by atoms with E-state index < -0.39 is 0 Å². The van der Waals surface area contributed by atoms with Gasteiger partial charge in [0.05, 0.1) is 5.75 Å². The summed E-state index contributed by atoms with van der Waals surface area (Å²) in [6.07, 6.45) is 6.69. The molecule has 0 aromatic heterocycles. The number of hydrogen-bond donors (Lipinski definition) is 1. The molecular weight excluding hydrogens is 192 g/mol. The highest BCUT2D eigenvalue weighted by Gasteiger charge is 2.03. The predicted molar refractivity (Wildman–Crippen MR) is 60.7 cm³/mol. The van der Waals surface area contributed by atoms with Gasteiger partial charge in [-0.25, -0.2) is 0 Å². The van der Waals surface area contributed by atoms with Crippen LogP contribution in [0.25, 0.3) is 0 Å². The molecule has 1 aromatic rings. The van der Waals surface area contributed by atoms with Crippen molar-refractivity contribution in [2.45, 2.75) is 11.3 Å². The SMILES string of the molecule is O/C1=C/C=C\Cc2ccccc2SC1. The predicted octanol–water partition coefficient (Wildman–Crippen LogP) is 3.33. The Bertz CT molecular complexity index is 380. The molecule has 0 saturated heterocycles. The minimum Gasteiger partial charge on any atom is -0.511 e. The van der Waals surface area contributed by atoms with Crippen molar-refractivity contribution in [3.63, 3.8) is 0 Å². The van der Waals surface area contributed by atoms with E-state index in [1.165, 1.54) is 10.5 Å². The van der Waals surface area contributed by atoms with Gasteiger partial charge in [-0.3, -0.25) is 0 Å². The third kappa shape index (κ3) is 2.20. The Morgan fingerprint density at radius 3 is 3.00 bits per heavy atom. The molecule has 0 aliphatic carbocycles. The lowest BCUT2D eigenvalue weighted by atomic mass is 10.1. The van der Waals surface area contributed by atoms with E-state index in [-0.39, 0.29) is 0 Å². The first-order valence-corrected chi connectivity index (χ1v) is 5.60. The van der Waals surface area contributed by atoms with Gasteiger partial charge in [-0.15, -0.1) is 11.8 Å². The summed E-state index contributed by atoms with van der Waals surface area (Å²) in [5.74, 6) is 1.09. The van der Waals surface area contributed by atoms with Gasteiger partial charge in [-0.2, -0.15) is 0 Å². The molecule has 2 rings (SSSR count). The number of thioether (sulfide) groups is 1. The molecule has 0 spiro atoms. The molecule has 0 saturated carbocycles. The number of hydrogen-bond acceptors (Lipinski definition) is 2. The quantitative estimate of drug-likeness (QED) is 0.699. The van der Waals surface area contributed by atoms with E-state index >= 15 is 0 Å². The van der Waals surface area contributed by atoms with Crippen LogP contribution in [0.15, 0.2) is 53.1 Å². The molecule has 1 aliphatic heterocycles. The van der Waals surface area contributed by atoms with Crippen molar-refractivity contribution in [1.82, 2.24) is 0 Å². The molecule has 1 aliphatic rings. The molecule has 1 aromatic carbocycles. The zero-order valence-electron chi connectivity index (χ0n) is 7.81. The lowest BCUT2D eigenvalue weighted by molar-refractivity contribution is 0.417. The molecule has 0 atom stereocenters. The highest BCUT2D eigenvalue weighted by Crippen LogP contribution is 2.25. The first-order chi connectivity index (χ1) is 6.86. The Hall–Kier alpha value is -1.15. The van der Waals surface area contributed by atoms with E-state index in [1.807, 2.05) is 12.1 Å². The highest BCUT2D eigenvalue weighted by atomic mass is 32.2. The summed E-state index contributed by atoms with van der Waals surface area (Å²) in [6.45, 7) is 0. The van der Waals surface area contributed by atoms with E-state index in [2.05, 4.69) is 24.3 Å². The highest BCUT2D eigenvalue weighted by molar-refractivity contribution is 7.99. The molecule has 1 N–H and O–H groups in total. The summed E-state index contributed by atoms with van der Waals surface area (Å²) in [4.78, 5) is 1.26. The second-order valence-electron chi connectivity index (χ2n) is 3.19. The van der Waals surface area contributed by atoms with Crippen LogP contribution in [0.2, 0.25) is 0 Å². The molecule has 1 nitrogen and oxygen atoms in total. The standard InChI is InChI=1S/C12H12OS/c13-11-7-3-1-5-10-6-2-4-8-12(10)14-9-11/h1-4,6-8,13H,5,9H2/b3-1-,11-7+. The van der Waals surface area contributed by atoms with Gasteiger partial charge in [0, 0.05) is 4.90 Å². The van der Waals surface area contributed by atoms with Crippen LogP contribution in [0.3, 0.4) is 0 Å². The maximum absolute atomic E-state index is 9.45. The molecule has 0 amide bonds. The number of aliphatic hydroxyl groups is 1. The van der Waals surface area contributed by atoms with Gasteiger partial charge in [-0.05, 0) is 24.1 Å². The monoisotopic (exact) mass is 204 g/mol. The Morgan fingerprint density at radius 2 is 2.07 bits per heavy atom. The molecule has 0 bridgehead atoms. The fourth-order valence-corrected chi connectivity index (χ4v) is 2.30. The van der Waals surface area contributed by atoms with E-state index in [1.54, 1.807) is 17.8 Å². The molecule has 0 fully saturated rings. The Kier molecular flexibility index (Phi) is 2.94. The largest absolute Gasteiger partial charge is 0.511 e. The zero-order chi connectivity index (χ0) is 9.80. The van der Waals surface area contributed by atoms with Gasteiger partial charge in [0.15, 0.2) is 0 Å². The minimum atomic E-state index is 0.433. The summed E-state index contributed by atoms with van der Waals surface area (Å²) in [5.41, 5.74) is 1.33. The molecular formula is C12H12OS. The third-order valence-corrected chi connectivity index (χ3v) is 3.26. The van der Waals surface area contributed by atoms with Crippen molar-refractivity contribution in [3.05, 3.63) is 53.8 Å². The molecule has 1 heterocycles. The molecule has 14 heavy (non-hydrogen) atoms. The first kappa shape index (κ1) is 9.41. The van der Waals surface area contributed by atoms with E-state index in [0.29, 0.717) is 11.5 Å². The molecule has 72 valence electrons. The minimum absolute atomic E-state index is 0.433. The number of benzene rings is 1. The lowest BCUT2D eigenvalue weighted by Gasteiger charge is -2.05. The average molecular weight is 204 g/mol. The fourth-order valence-electron chi connectivity index (χ4n) is 1.39. The summed E-state index contributed by atoms with van der Waals surface area (Å²) < 4.78 is 0. The van der Waals surface area contributed by atoms with E-state index in [9.17, 15) is 5.11 Å². The van der Waals surface area contributed by atoms with Crippen LogP contribution in [-0.4, -0.2) is 10.9 Å². The van der Waals surface area contributed by atoms with Crippen LogP contribution < -0.4 is 0 Å². The van der Waals surface area contributed by atoms with Crippen LogP contribution in [0.4, 0.5) is 0 Å². The second kappa shape index (κ2) is 4.38. The van der Waals surface area contributed by atoms with E-state index in [0.717, 1.165) is 6.42 Å². The van der Waals surface area contributed by atoms with Crippen LogP contribution in [0.5, 0.6) is 0 Å². The van der Waals surface area contributed by atoms with Gasteiger partial charge >= 0.3 is 0 Å². The van der Waals surface area contributed by atoms with Crippen molar-refractivity contribution >= 4 is 11.8 Å². The number of aliphatic hydroxyl groups excluding tert-OH is 1. The summed E-state index contributed by atoms with van der Waals surface area (Å²) in [7, 11) is 0. The van der Waals surface area contributed by atoms with Crippen LogP contribution in [-0.2, 0) is 6.42 Å². The van der Waals surface area contributed by atoms with Crippen molar-refractivity contribution in [1.29, 1.82) is 0 Å². The van der Waals surface area contributed by atoms with Gasteiger partial charge in [0.25, 0.3) is 0 Å². The third-order valence-electron chi connectivity index (χ3n) is 2.11. The lowest BCUT2D eigenvalue weighted by Crippen LogP contribution is -1.87. The summed E-state index contributed by atoms with van der Waals surface area (Å²) in [6, 6.07) is 8.33. The van der Waals surface area contributed by atoms with Crippen LogP contribution in [0, 0.1) is 0 Å². The maximum Gasteiger partial charge on any atom is 0.102 e. The van der Waals surface area contributed by atoms with Gasteiger partial charge in [0.1, 0.15) is 5.76 Å². The normalized spacial score (nSPS) is 22.1. The van der Waals surface area contributed by atoms with Gasteiger partial charge in [-0.1, -0.05) is 30.4 Å². The second-order valence-corrected chi connectivity index (χ2v) is 4.20. The number of allylic oxidation sites excluding steroid dienone is 3. The number of rotatable bonds is 0. The summed E-state index contributed by atoms with van der Waals surface area (Å²) in [5, 5.41) is 9.45. The first-order valence-electron chi connectivity index (χ1n) is 4.61. The smallest absolute Gasteiger partial charge is 0.102 e. The number of fused-ring (bicyclic) bond motifs is 1.